The van der Waals surface area contributed by atoms with Crippen LogP contribution in [0.4, 0.5) is 9.18 Å². The highest BCUT2D eigenvalue weighted by atomic mass is 35.5. The first-order valence-electron chi connectivity index (χ1n) is 8.13. The summed E-state index contributed by atoms with van der Waals surface area (Å²) in [6.45, 7) is -0.296. The van der Waals surface area contributed by atoms with Crippen molar-refractivity contribution in [2.75, 3.05) is 6.61 Å². The summed E-state index contributed by atoms with van der Waals surface area (Å²) < 4.78 is 18.1. The quantitative estimate of drug-likeness (QED) is 0.571. The molecule has 3 N–H and O–H groups in total. The highest BCUT2D eigenvalue weighted by molar-refractivity contribution is 6.32. The maximum atomic E-state index is 13.0. The van der Waals surface area contributed by atoms with Crippen LogP contribution in [0.5, 0.6) is 5.75 Å². The van der Waals surface area contributed by atoms with Crippen LogP contribution in [0.3, 0.4) is 0 Å². The van der Waals surface area contributed by atoms with Gasteiger partial charge in [-0.05, 0) is 41.5 Å². The second kappa shape index (κ2) is 8.10. The molecule has 0 saturated carbocycles. The molecule has 0 bridgehead atoms. The monoisotopic (exact) mass is 403 g/mol. The Balaban J connectivity index is 1.75. The summed E-state index contributed by atoms with van der Waals surface area (Å²) in [4.78, 5) is 36.4. The lowest BCUT2D eigenvalue weighted by Gasteiger charge is -2.11. The van der Waals surface area contributed by atoms with Crippen molar-refractivity contribution in [2.45, 2.75) is 6.54 Å². The highest BCUT2D eigenvalue weighted by Gasteiger charge is 2.33. The SMILES string of the molecule is NC(=O)COc1ccc(C=C2NC(=O)N(Cc3ccc(F)cc3)C2=O)cc1Cl. The summed E-state index contributed by atoms with van der Waals surface area (Å²) in [7, 11) is 0. The molecule has 0 spiro atoms. The predicted octanol–water partition coefficient (Wildman–Crippen LogP) is 2.44. The molecule has 3 rings (SSSR count). The van der Waals surface area contributed by atoms with Gasteiger partial charge < -0.3 is 15.8 Å². The zero-order chi connectivity index (χ0) is 20.3. The number of carbonyl (C=O) groups is 3. The number of ether oxygens (including phenoxy) is 1. The molecule has 1 heterocycles. The normalized spacial score (nSPS) is 15.1. The van der Waals surface area contributed by atoms with Gasteiger partial charge in [0.2, 0.25) is 0 Å². The standard InChI is InChI=1S/C19H15ClFN3O4/c20-14-7-12(3-6-16(14)28-10-17(22)25)8-15-18(26)24(19(27)23-15)9-11-1-4-13(21)5-2-11/h1-8H,9-10H2,(H2,22,25)(H,23,27). The minimum atomic E-state index is -0.636. The predicted molar refractivity (Wildman–Crippen MR) is 99.6 cm³/mol. The maximum Gasteiger partial charge on any atom is 0.329 e. The van der Waals surface area contributed by atoms with Crippen molar-refractivity contribution < 1.29 is 23.5 Å². The van der Waals surface area contributed by atoms with E-state index in [0.717, 1.165) is 4.90 Å². The summed E-state index contributed by atoms with van der Waals surface area (Å²) in [5, 5.41) is 2.72. The van der Waals surface area contributed by atoms with Gasteiger partial charge in [-0.15, -0.1) is 0 Å². The Labute approximate surface area is 164 Å². The van der Waals surface area contributed by atoms with Crippen LogP contribution in [-0.4, -0.2) is 29.4 Å². The van der Waals surface area contributed by atoms with Gasteiger partial charge in [-0.3, -0.25) is 14.5 Å². The summed E-state index contributed by atoms with van der Waals surface area (Å²) in [6.07, 6.45) is 1.47. The number of nitrogens with zero attached hydrogens (tertiary/aromatic N) is 1. The van der Waals surface area contributed by atoms with E-state index in [4.69, 9.17) is 22.1 Å². The van der Waals surface area contributed by atoms with Crippen LogP contribution in [0, 0.1) is 5.82 Å². The van der Waals surface area contributed by atoms with Crippen molar-refractivity contribution in [3.63, 3.8) is 0 Å². The average molecular weight is 404 g/mol. The molecule has 0 atom stereocenters. The molecular weight excluding hydrogens is 389 g/mol. The van der Waals surface area contributed by atoms with E-state index >= 15 is 0 Å². The zero-order valence-electron chi connectivity index (χ0n) is 14.4. The fourth-order valence-electron chi connectivity index (χ4n) is 2.53. The first kappa shape index (κ1) is 19.4. The summed E-state index contributed by atoms with van der Waals surface area (Å²) in [5.41, 5.74) is 6.25. The molecule has 0 unspecified atom stereocenters. The van der Waals surface area contributed by atoms with Gasteiger partial charge in [0.1, 0.15) is 17.3 Å². The number of hydrogen-bond donors (Lipinski definition) is 2. The summed E-state index contributed by atoms with van der Waals surface area (Å²) >= 11 is 6.09. The number of carbonyl (C=O) groups excluding carboxylic acids is 3. The number of benzene rings is 2. The average Bonchev–Trinajstić information content (AvgIpc) is 2.90. The van der Waals surface area contributed by atoms with Gasteiger partial charge in [0.25, 0.3) is 11.8 Å². The zero-order valence-corrected chi connectivity index (χ0v) is 15.2. The van der Waals surface area contributed by atoms with E-state index in [0.29, 0.717) is 11.1 Å². The minimum Gasteiger partial charge on any atom is -0.482 e. The van der Waals surface area contributed by atoms with Gasteiger partial charge in [-0.2, -0.15) is 0 Å². The number of nitrogens with two attached hydrogens (primary N) is 1. The number of nitrogens with one attached hydrogen (secondary N) is 1. The molecule has 0 aliphatic carbocycles. The molecular formula is C19H15ClFN3O4. The molecule has 4 amide bonds. The van der Waals surface area contributed by atoms with E-state index in [1.54, 1.807) is 6.07 Å². The summed E-state index contributed by atoms with van der Waals surface area (Å²) in [5.74, 6) is -1.29. The van der Waals surface area contributed by atoms with Crippen LogP contribution in [-0.2, 0) is 16.1 Å². The van der Waals surface area contributed by atoms with Crippen molar-refractivity contribution in [2.24, 2.45) is 5.73 Å². The lowest BCUT2D eigenvalue weighted by Crippen LogP contribution is -2.30. The van der Waals surface area contributed by atoms with Gasteiger partial charge in [-0.1, -0.05) is 29.8 Å². The van der Waals surface area contributed by atoms with E-state index in [9.17, 15) is 18.8 Å². The fourth-order valence-corrected chi connectivity index (χ4v) is 2.77. The van der Waals surface area contributed by atoms with Gasteiger partial charge in [0.05, 0.1) is 11.6 Å². The van der Waals surface area contributed by atoms with Crippen molar-refractivity contribution in [3.8, 4) is 5.75 Å². The maximum absolute atomic E-state index is 13.0. The third-order valence-electron chi connectivity index (χ3n) is 3.85. The Morgan fingerprint density at radius 1 is 1.21 bits per heavy atom. The second-order valence-corrected chi connectivity index (χ2v) is 6.36. The number of halogens is 2. The molecule has 1 fully saturated rings. The van der Waals surface area contributed by atoms with E-state index in [2.05, 4.69) is 5.32 Å². The van der Waals surface area contributed by atoms with Crippen LogP contribution in [0.15, 0.2) is 48.2 Å². The Bertz CT molecular complexity index is 976. The Morgan fingerprint density at radius 3 is 2.57 bits per heavy atom. The van der Waals surface area contributed by atoms with Crippen LogP contribution < -0.4 is 15.8 Å². The molecule has 1 saturated heterocycles. The van der Waals surface area contributed by atoms with Gasteiger partial charge >= 0.3 is 6.03 Å². The fraction of sp³-hybridized carbons (Fsp3) is 0.105. The first-order chi connectivity index (χ1) is 13.3. The van der Waals surface area contributed by atoms with E-state index in [-0.39, 0.29) is 29.6 Å². The lowest BCUT2D eigenvalue weighted by molar-refractivity contribution is -0.123. The topological polar surface area (TPSA) is 102 Å². The third kappa shape index (κ3) is 4.47. The summed E-state index contributed by atoms with van der Waals surface area (Å²) in [6, 6.07) is 9.60. The van der Waals surface area contributed by atoms with Crippen molar-refractivity contribution >= 4 is 35.5 Å². The van der Waals surface area contributed by atoms with Crippen LogP contribution in [0.1, 0.15) is 11.1 Å². The largest absolute Gasteiger partial charge is 0.482 e. The molecule has 2 aromatic rings. The van der Waals surface area contributed by atoms with Crippen molar-refractivity contribution in [1.82, 2.24) is 10.2 Å². The van der Waals surface area contributed by atoms with Crippen LogP contribution in [0.25, 0.3) is 6.08 Å². The van der Waals surface area contributed by atoms with Crippen molar-refractivity contribution in [3.05, 3.63) is 70.1 Å². The number of hydrogen-bond acceptors (Lipinski definition) is 4. The molecule has 0 aromatic heterocycles. The molecule has 28 heavy (non-hydrogen) atoms. The number of imide groups is 1. The van der Waals surface area contributed by atoms with E-state index < -0.39 is 23.7 Å². The molecule has 144 valence electrons. The van der Waals surface area contributed by atoms with Gasteiger partial charge in [0, 0.05) is 0 Å². The Kier molecular flexibility index (Phi) is 5.60. The van der Waals surface area contributed by atoms with Gasteiger partial charge in [0.15, 0.2) is 6.61 Å². The molecule has 2 aromatic carbocycles. The van der Waals surface area contributed by atoms with Gasteiger partial charge in [-0.25, -0.2) is 9.18 Å². The molecule has 0 radical (unpaired) electrons. The first-order valence-corrected chi connectivity index (χ1v) is 8.51. The van der Waals surface area contributed by atoms with Crippen LogP contribution in [0.2, 0.25) is 5.02 Å². The van der Waals surface area contributed by atoms with E-state index in [1.807, 2.05) is 0 Å². The number of primary amides is 1. The molecule has 7 nitrogen and oxygen atoms in total. The lowest BCUT2D eigenvalue weighted by atomic mass is 10.1. The minimum absolute atomic E-state index is 0.0168. The van der Waals surface area contributed by atoms with Crippen molar-refractivity contribution in [1.29, 1.82) is 0 Å². The number of amides is 4. The highest BCUT2D eigenvalue weighted by Crippen LogP contribution is 2.27. The Morgan fingerprint density at radius 2 is 1.93 bits per heavy atom. The van der Waals surface area contributed by atoms with Crippen LogP contribution >= 0.6 is 11.6 Å². The molecule has 1 aliphatic heterocycles. The second-order valence-electron chi connectivity index (χ2n) is 5.95. The molecule has 1 aliphatic rings. The Hall–Kier alpha value is -3.39. The smallest absolute Gasteiger partial charge is 0.329 e. The molecule has 9 heteroatoms. The number of rotatable bonds is 6. The number of urea groups is 1. The van der Waals surface area contributed by atoms with E-state index in [1.165, 1.54) is 42.5 Å². The third-order valence-corrected chi connectivity index (χ3v) is 4.15.